The number of carbonyl (C=O) groups is 4. The highest BCUT2D eigenvalue weighted by molar-refractivity contribution is 7.47. The molecule has 0 aromatic rings. The van der Waals surface area contributed by atoms with Crippen molar-refractivity contribution in [1.82, 2.24) is 0 Å². The Kier molecular flexibility index (Phi) is 71.5. The molecule has 0 amide bonds. The van der Waals surface area contributed by atoms with Crippen LogP contribution in [0.25, 0.3) is 0 Å². The number of phosphoric acid groups is 2. The van der Waals surface area contributed by atoms with Crippen LogP contribution in [-0.2, 0) is 65.4 Å². The molecule has 612 valence electrons. The normalized spacial score (nSPS) is 14.0. The fourth-order valence-electron chi connectivity index (χ4n) is 13.0. The number of hydrogen-bond donors (Lipinski definition) is 3. The molecule has 0 aliphatic heterocycles. The maximum Gasteiger partial charge on any atom is 0.472 e. The zero-order valence-electron chi connectivity index (χ0n) is 68.0. The van der Waals surface area contributed by atoms with Crippen molar-refractivity contribution in [3.05, 3.63) is 0 Å². The van der Waals surface area contributed by atoms with E-state index in [0.717, 1.165) is 114 Å². The van der Waals surface area contributed by atoms with Gasteiger partial charge in [-0.05, 0) is 49.4 Å². The highest BCUT2D eigenvalue weighted by Gasteiger charge is 2.30. The summed E-state index contributed by atoms with van der Waals surface area (Å²) in [5, 5.41) is 10.7. The lowest BCUT2D eigenvalue weighted by atomic mass is 10.0. The van der Waals surface area contributed by atoms with E-state index in [4.69, 9.17) is 37.0 Å². The van der Waals surface area contributed by atoms with Crippen molar-refractivity contribution in [2.45, 2.75) is 453 Å². The average molecular weight is 1510 g/mol. The first-order chi connectivity index (χ1) is 49.6. The molecule has 3 N–H and O–H groups in total. The van der Waals surface area contributed by atoms with Gasteiger partial charge in [0.1, 0.15) is 19.3 Å². The summed E-state index contributed by atoms with van der Waals surface area (Å²) in [7, 11) is -9.93. The summed E-state index contributed by atoms with van der Waals surface area (Å²) in [5.41, 5.74) is 0. The Balaban J connectivity index is 5.23. The van der Waals surface area contributed by atoms with Gasteiger partial charge >= 0.3 is 39.5 Å². The number of rotatable bonds is 81. The van der Waals surface area contributed by atoms with Crippen LogP contribution in [0.2, 0.25) is 0 Å². The molecule has 0 fully saturated rings. The second-order valence-electron chi connectivity index (χ2n) is 32.1. The Morgan fingerprint density at radius 1 is 0.243 bits per heavy atom. The van der Waals surface area contributed by atoms with Gasteiger partial charge in [-0.2, -0.15) is 0 Å². The van der Waals surface area contributed by atoms with Crippen LogP contribution in [0, 0.1) is 23.7 Å². The molecule has 0 aromatic heterocycles. The number of aliphatic hydroxyl groups excluding tert-OH is 1. The lowest BCUT2D eigenvalue weighted by Crippen LogP contribution is -2.30. The highest BCUT2D eigenvalue weighted by atomic mass is 31.2. The quantitative estimate of drug-likeness (QED) is 0.0222. The fraction of sp³-hybridized carbons (Fsp3) is 0.952. The van der Waals surface area contributed by atoms with Crippen molar-refractivity contribution in [2.75, 3.05) is 39.6 Å². The van der Waals surface area contributed by atoms with E-state index < -0.39 is 97.5 Å². The number of hydrogen-bond acceptors (Lipinski definition) is 15. The van der Waals surface area contributed by atoms with Crippen LogP contribution in [0.5, 0.6) is 0 Å². The van der Waals surface area contributed by atoms with Crippen molar-refractivity contribution in [3.63, 3.8) is 0 Å². The number of carbonyl (C=O) groups excluding carboxylic acids is 4. The summed E-state index contributed by atoms with van der Waals surface area (Å²) in [4.78, 5) is 73.1. The maximum absolute atomic E-state index is 13.1. The molecule has 0 rings (SSSR count). The van der Waals surface area contributed by atoms with Crippen LogP contribution >= 0.6 is 15.6 Å². The van der Waals surface area contributed by atoms with E-state index in [0.29, 0.717) is 31.6 Å². The molecule has 17 nitrogen and oxygen atoms in total. The predicted octanol–water partition coefficient (Wildman–Crippen LogP) is 25.2. The van der Waals surface area contributed by atoms with E-state index in [9.17, 15) is 43.2 Å². The maximum atomic E-state index is 13.1. The molecule has 19 heteroatoms. The Morgan fingerprint density at radius 2 is 0.408 bits per heavy atom. The standard InChI is InChI=1S/C84H164O17P2/c1-74(2)60-52-44-36-29-23-17-13-11-9-10-12-14-20-27-33-41-50-58-66-83(88)100-79(70-94-81(86)64-56-48-40-32-26-19-16-15-18-24-30-37-45-53-61-75(3)4)72-98-102(90,91)96-68-78(85)69-97-103(92,93)99-73-80(71-95-82(87)65-57-49-43-35-39-47-55-63-77(7)8)101-84(89)67-59-51-42-34-28-22-21-25-31-38-46-54-62-76(5)6/h74-80,85H,9-73H2,1-8H3,(H,90,91)(H,92,93)/t78?,79-,80-/m1/s1. The number of phosphoric ester groups is 2. The van der Waals surface area contributed by atoms with Gasteiger partial charge in [-0.1, -0.05) is 383 Å². The van der Waals surface area contributed by atoms with E-state index in [1.54, 1.807) is 0 Å². The van der Waals surface area contributed by atoms with Crippen LogP contribution < -0.4 is 0 Å². The smallest absolute Gasteiger partial charge is 0.462 e. The third-order valence-corrected chi connectivity index (χ3v) is 21.5. The van der Waals surface area contributed by atoms with Gasteiger partial charge in [0.05, 0.1) is 26.4 Å². The fourth-order valence-corrected chi connectivity index (χ4v) is 14.5. The Morgan fingerprint density at radius 3 is 0.602 bits per heavy atom. The Hall–Kier alpha value is -1.94. The van der Waals surface area contributed by atoms with Gasteiger partial charge in [0.15, 0.2) is 12.2 Å². The van der Waals surface area contributed by atoms with Gasteiger partial charge in [0.2, 0.25) is 0 Å². The molecule has 0 spiro atoms. The largest absolute Gasteiger partial charge is 0.472 e. The molecule has 0 aliphatic carbocycles. The number of esters is 4. The monoisotopic (exact) mass is 1510 g/mol. The van der Waals surface area contributed by atoms with Crippen LogP contribution in [0.3, 0.4) is 0 Å². The van der Waals surface area contributed by atoms with Gasteiger partial charge < -0.3 is 33.8 Å². The molecule has 0 aromatic carbocycles. The average Bonchev–Trinajstić information content (AvgIpc) is 0.915. The van der Waals surface area contributed by atoms with Gasteiger partial charge in [-0.25, -0.2) is 9.13 Å². The molecule has 5 atom stereocenters. The Bertz CT molecular complexity index is 2010. The lowest BCUT2D eigenvalue weighted by molar-refractivity contribution is -0.161. The molecular formula is C84H164O17P2. The van der Waals surface area contributed by atoms with Crippen molar-refractivity contribution in [2.24, 2.45) is 23.7 Å². The van der Waals surface area contributed by atoms with Gasteiger partial charge in [0, 0.05) is 25.7 Å². The zero-order chi connectivity index (χ0) is 76.0. The molecule has 0 radical (unpaired) electrons. The topological polar surface area (TPSA) is 237 Å². The summed E-state index contributed by atoms with van der Waals surface area (Å²) in [6, 6.07) is 0. The lowest BCUT2D eigenvalue weighted by Gasteiger charge is -2.21. The van der Waals surface area contributed by atoms with E-state index >= 15 is 0 Å². The summed E-state index contributed by atoms with van der Waals surface area (Å²) in [6.07, 6.45) is 61.2. The summed E-state index contributed by atoms with van der Waals surface area (Å²) < 4.78 is 68.8. The molecular weight excluding hydrogens is 1340 g/mol. The van der Waals surface area contributed by atoms with Crippen LogP contribution in [0.15, 0.2) is 0 Å². The van der Waals surface area contributed by atoms with E-state index in [1.807, 2.05) is 0 Å². The van der Waals surface area contributed by atoms with Crippen LogP contribution in [0.1, 0.15) is 434 Å². The third-order valence-electron chi connectivity index (χ3n) is 19.6. The van der Waals surface area contributed by atoms with Gasteiger partial charge in [0.25, 0.3) is 0 Å². The summed E-state index contributed by atoms with van der Waals surface area (Å²) in [6.45, 7) is 14.3. The van der Waals surface area contributed by atoms with Crippen molar-refractivity contribution in [3.8, 4) is 0 Å². The molecule has 3 unspecified atom stereocenters. The van der Waals surface area contributed by atoms with Crippen molar-refractivity contribution >= 4 is 39.5 Å². The highest BCUT2D eigenvalue weighted by Crippen LogP contribution is 2.45. The molecule has 0 aliphatic rings. The molecule has 0 saturated heterocycles. The van der Waals surface area contributed by atoms with E-state index in [1.165, 1.54) is 231 Å². The third kappa shape index (κ3) is 78.0. The van der Waals surface area contributed by atoms with Gasteiger partial charge in [-0.3, -0.25) is 37.3 Å². The second kappa shape index (κ2) is 72.9. The van der Waals surface area contributed by atoms with E-state index in [-0.39, 0.29) is 25.7 Å². The number of ether oxygens (including phenoxy) is 4. The second-order valence-corrected chi connectivity index (χ2v) is 35.0. The zero-order valence-corrected chi connectivity index (χ0v) is 69.7. The SMILES string of the molecule is CC(C)CCCCCCCCCCCCCCCCCCCCC(=O)O[C@H](COC(=O)CCCCCCCCCCCCCCCCC(C)C)COP(=O)(O)OCC(O)COP(=O)(O)OC[C@@H](COC(=O)CCCCCCCCCC(C)C)OC(=O)CCCCCCCCCCCCCCC(C)C. The Labute approximate surface area is 632 Å². The minimum atomic E-state index is -4.97. The predicted molar refractivity (Wildman–Crippen MR) is 423 cm³/mol. The minimum Gasteiger partial charge on any atom is -0.462 e. The van der Waals surface area contributed by atoms with Crippen LogP contribution in [-0.4, -0.2) is 96.7 Å². The molecule has 0 heterocycles. The molecule has 0 saturated carbocycles. The molecule has 0 bridgehead atoms. The van der Waals surface area contributed by atoms with Crippen LogP contribution in [0.4, 0.5) is 0 Å². The first kappa shape index (κ1) is 101. The van der Waals surface area contributed by atoms with Crippen molar-refractivity contribution < 1.29 is 80.2 Å². The number of aliphatic hydroxyl groups is 1. The van der Waals surface area contributed by atoms with Gasteiger partial charge in [-0.15, -0.1) is 0 Å². The summed E-state index contributed by atoms with van der Waals surface area (Å²) >= 11 is 0. The first-order valence-corrected chi connectivity index (χ1v) is 46.2. The summed E-state index contributed by atoms with van der Waals surface area (Å²) in [5.74, 6) is 0.990. The minimum absolute atomic E-state index is 0.106. The number of unbranched alkanes of at least 4 members (excludes halogenated alkanes) is 47. The van der Waals surface area contributed by atoms with E-state index in [2.05, 4.69) is 55.4 Å². The molecule has 103 heavy (non-hydrogen) atoms. The van der Waals surface area contributed by atoms with Crippen molar-refractivity contribution in [1.29, 1.82) is 0 Å². The first-order valence-electron chi connectivity index (χ1n) is 43.2.